The zero-order valence-corrected chi connectivity index (χ0v) is 13.5. The summed E-state index contributed by atoms with van der Waals surface area (Å²) in [6, 6.07) is 17.3. The van der Waals surface area contributed by atoms with Crippen LogP contribution in [0.25, 0.3) is 16.7 Å². The molecule has 0 saturated heterocycles. The molecule has 21 heavy (non-hydrogen) atoms. The average molecular weight is 279 g/mol. The number of hydrogen-bond acceptors (Lipinski definition) is 0. The van der Waals surface area contributed by atoms with Crippen molar-refractivity contribution in [2.24, 2.45) is 7.05 Å². The molecule has 0 amide bonds. The Labute approximate surface area is 126 Å². The molecular formula is C19H23N2+. The lowest BCUT2D eigenvalue weighted by Crippen LogP contribution is -2.31. The predicted octanol–water partition coefficient (Wildman–Crippen LogP) is 4.06. The third kappa shape index (κ3) is 2.15. The van der Waals surface area contributed by atoms with Gasteiger partial charge >= 0.3 is 0 Å². The van der Waals surface area contributed by atoms with Crippen LogP contribution >= 0.6 is 0 Å². The van der Waals surface area contributed by atoms with Crippen molar-refractivity contribution in [3.05, 3.63) is 59.9 Å². The van der Waals surface area contributed by atoms with Gasteiger partial charge < -0.3 is 0 Å². The van der Waals surface area contributed by atoms with E-state index in [4.69, 9.17) is 0 Å². The third-order valence-corrected chi connectivity index (χ3v) is 4.25. The van der Waals surface area contributed by atoms with Crippen LogP contribution in [-0.2, 0) is 12.5 Å². The van der Waals surface area contributed by atoms with E-state index in [2.05, 4.69) is 92.4 Å². The molecule has 2 nitrogen and oxygen atoms in total. The van der Waals surface area contributed by atoms with Crippen LogP contribution in [0, 0.1) is 6.92 Å². The van der Waals surface area contributed by atoms with E-state index >= 15 is 0 Å². The normalized spacial score (nSPS) is 12.0. The Morgan fingerprint density at radius 3 is 2.24 bits per heavy atom. The lowest BCUT2D eigenvalue weighted by molar-refractivity contribution is -0.652. The number of para-hydroxylation sites is 3. The minimum atomic E-state index is 0.118. The molecule has 108 valence electrons. The molecule has 2 aromatic carbocycles. The summed E-state index contributed by atoms with van der Waals surface area (Å²) in [5.74, 6) is 1.24. The molecule has 3 aromatic rings. The molecule has 0 unspecified atom stereocenters. The fourth-order valence-electron chi connectivity index (χ4n) is 3.04. The third-order valence-electron chi connectivity index (χ3n) is 4.25. The van der Waals surface area contributed by atoms with Crippen molar-refractivity contribution in [1.29, 1.82) is 0 Å². The second-order valence-electron chi connectivity index (χ2n) is 6.70. The van der Waals surface area contributed by atoms with Crippen LogP contribution in [0.2, 0.25) is 0 Å². The first kappa shape index (κ1) is 13.9. The van der Waals surface area contributed by atoms with E-state index in [1.807, 2.05) is 0 Å². The number of fused-ring (bicyclic) bond motifs is 1. The summed E-state index contributed by atoms with van der Waals surface area (Å²) in [5.41, 5.74) is 5.29. The van der Waals surface area contributed by atoms with Gasteiger partial charge in [-0.3, -0.25) is 0 Å². The molecule has 0 saturated carbocycles. The molecule has 2 heteroatoms. The monoisotopic (exact) mass is 279 g/mol. The molecule has 1 aromatic heterocycles. The molecule has 1 heterocycles. The van der Waals surface area contributed by atoms with Gasteiger partial charge in [0, 0.05) is 12.5 Å². The van der Waals surface area contributed by atoms with E-state index in [9.17, 15) is 0 Å². The van der Waals surface area contributed by atoms with Crippen molar-refractivity contribution in [2.45, 2.75) is 33.1 Å². The van der Waals surface area contributed by atoms with Gasteiger partial charge in [0.1, 0.15) is 5.69 Å². The molecule has 0 fully saturated rings. The summed E-state index contributed by atoms with van der Waals surface area (Å²) < 4.78 is 4.63. The first-order valence-electron chi connectivity index (χ1n) is 7.47. The van der Waals surface area contributed by atoms with Gasteiger partial charge in [-0.2, -0.15) is 4.57 Å². The molecule has 0 bridgehead atoms. The predicted molar refractivity (Wildman–Crippen MR) is 87.9 cm³/mol. The topological polar surface area (TPSA) is 8.81 Å². The van der Waals surface area contributed by atoms with Crippen LogP contribution in [0.3, 0.4) is 0 Å². The molecule has 0 aliphatic heterocycles. The molecule has 0 aliphatic rings. The van der Waals surface area contributed by atoms with Gasteiger partial charge in [0.25, 0.3) is 5.82 Å². The second-order valence-corrected chi connectivity index (χ2v) is 6.70. The van der Waals surface area contributed by atoms with E-state index in [0.717, 1.165) is 0 Å². The van der Waals surface area contributed by atoms with Crippen LogP contribution in [0.1, 0.15) is 32.2 Å². The molecule has 0 radical (unpaired) electrons. The highest BCUT2D eigenvalue weighted by Crippen LogP contribution is 2.30. The zero-order chi connectivity index (χ0) is 15.2. The van der Waals surface area contributed by atoms with Gasteiger partial charge in [0.2, 0.25) is 0 Å². The first-order valence-corrected chi connectivity index (χ1v) is 7.47. The number of benzene rings is 2. The number of rotatable bonds is 1. The van der Waals surface area contributed by atoms with Gasteiger partial charge in [0.15, 0.2) is 11.0 Å². The van der Waals surface area contributed by atoms with Crippen LogP contribution < -0.4 is 4.57 Å². The Hall–Kier alpha value is -2.09. The summed E-state index contributed by atoms with van der Waals surface area (Å²) in [6.07, 6.45) is 0. The van der Waals surface area contributed by atoms with Crippen LogP contribution in [-0.4, -0.2) is 4.57 Å². The fraction of sp³-hybridized carbons (Fsp3) is 0.316. The van der Waals surface area contributed by atoms with E-state index in [1.54, 1.807) is 0 Å². The Morgan fingerprint density at radius 1 is 0.905 bits per heavy atom. The molecule has 0 aliphatic carbocycles. The number of aromatic nitrogens is 2. The first-order chi connectivity index (χ1) is 9.91. The largest absolute Gasteiger partial charge is 0.259 e. The standard InChI is InChI=1S/C19H23N2/c1-14-20(5)17-12-8-9-13-18(17)21(14)16-11-7-6-10-15(16)19(2,3)4/h6-13H,1-5H3/q+1. The Kier molecular flexibility index (Phi) is 3.12. The van der Waals surface area contributed by atoms with Crippen molar-refractivity contribution >= 4 is 11.0 Å². The Balaban J connectivity index is 2.40. The van der Waals surface area contributed by atoms with Gasteiger partial charge in [-0.1, -0.05) is 51.1 Å². The molecule has 0 spiro atoms. The second kappa shape index (κ2) is 4.73. The Bertz CT molecular complexity index is 804. The van der Waals surface area contributed by atoms with Crippen LogP contribution in [0.15, 0.2) is 48.5 Å². The van der Waals surface area contributed by atoms with Crippen LogP contribution in [0.4, 0.5) is 0 Å². The quantitative estimate of drug-likeness (QED) is 0.594. The van der Waals surface area contributed by atoms with Gasteiger partial charge in [0.05, 0.1) is 7.05 Å². The number of aryl methyl sites for hydroxylation is 1. The molecule has 0 N–H and O–H groups in total. The zero-order valence-electron chi connectivity index (χ0n) is 13.5. The maximum absolute atomic E-state index is 2.37. The van der Waals surface area contributed by atoms with Crippen molar-refractivity contribution in [3.8, 4) is 5.69 Å². The van der Waals surface area contributed by atoms with Crippen molar-refractivity contribution in [2.75, 3.05) is 0 Å². The van der Waals surface area contributed by atoms with Gasteiger partial charge in [-0.25, -0.2) is 4.57 Å². The van der Waals surface area contributed by atoms with Gasteiger partial charge in [-0.15, -0.1) is 0 Å². The summed E-state index contributed by atoms with van der Waals surface area (Å²) in [7, 11) is 2.13. The number of imidazole rings is 1. The lowest BCUT2D eigenvalue weighted by Gasteiger charge is -2.21. The van der Waals surface area contributed by atoms with E-state index < -0.39 is 0 Å². The van der Waals surface area contributed by atoms with Crippen molar-refractivity contribution in [3.63, 3.8) is 0 Å². The highest BCUT2D eigenvalue weighted by molar-refractivity contribution is 5.75. The summed E-state index contributed by atoms with van der Waals surface area (Å²) in [6.45, 7) is 8.99. The smallest absolute Gasteiger partial charge is 0.230 e. The average Bonchev–Trinajstić information content (AvgIpc) is 2.71. The van der Waals surface area contributed by atoms with E-state index in [0.29, 0.717) is 0 Å². The highest BCUT2D eigenvalue weighted by atomic mass is 15.2. The number of nitrogens with zero attached hydrogens (tertiary/aromatic N) is 2. The van der Waals surface area contributed by atoms with Crippen LogP contribution in [0.5, 0.6) is 0 Å². The molecule has 3 rings (SSSR count). The van der Waals surface area contributed by atoms with E-state index in [-0.39, 0.29) is 5.41 Å². The van der Waals surface area contributed by atoms with Gasteiger partial charge in [-0.05, 0) is 23.6 Å². The highest BCUT2D eigenvalue weighted by Gasteiger charge is 2.26. The maximum atomic E-state index is 2.37. The minimum absolute atomic E-state index is 0.118. The molecular weight excluding hydrogens is 256 g/mol. The SMILES string of the molecule is Cc1n(-c2ccccc2C(C)(C)C)c2ccccc2[n+]1C. The summed E-state index contributed by atoms with van der Waals surface area (Å²) in [4.78, 5) is 0. The van der Waals surface area contributed by atoms with Crippen molar-refractivity contribution < 1.29 is 4.57 Å². The minimum Gasteiger partial charge on any atom is -0.230 e. The maximum Gasteiger partial charge on any atom is 0.259 e. The summed E-state index contributed by atoms with van der Waals surface area (Å²) in [5, 5.41) is 0. The lowest BCUT2D eigenvalue weighted by atomic mass is 9.85. The molecule has 0 atom stereocenters. The fourth-order valence-corrected chi connectivity index (χ4v) is 3.04. The Morgan fingerprint density at radius 2 is 1.52 bits per heavy atom. The van der Waals surface area contributed by atoms with Crippen molar-refractivity contribution in [1.82, 2.24) is 4.57 Å². The number of hydrogen-bond donors (Lipinski definition) is 0. The summed E-state index contributed by atoms with van der Waals surface area (Å²) >= 11 is 0. The van der Waals surface area contributed by atoms with E-state index in [1.165, 1.54) is 28.1 Å².